The lowest BCUT2D eigenvalue weighted by molar-refractivity contribution is -0.115. The van der Waals surface area contributed by atoms with Crippen molar-refractivity contribution in [2.75, 3.05) is 19.0 Å². The maximum atomic E-state index is 14.8. The van der Waals surface area contributed by atoms with Crippen LogP contribution < -0.4 is 15.5 Å². The molecule has 1 aromatic carbocycles. The smallest absolute Gasteiger partial charge is 0.243 e. The average Bonchev–Trinajstić information content (AvgIpc) is 3.19. The Hall–Kier alpha value is -3.07. The molecule has 2 aliphatic rings. The summed E-state index contributed by atoms with van der Waals surface area (Å²) in [7, 11) is 3.27. The standard InChI is InChI=1S/C22H25F2N5O2/c1-25-21(31)8-3-12-9-19(30)14(11-15(12)23)16-6-7-20(28-27-16)29(2)18-10-13-4-5-17(26-13)22(18)24/h3,6-9,11,13,17-18,22,26,30H,4-5,10H2,1-2H3,(H,25,31)/b8-3+/t13-,17+,18-,22+/m0/s1. The van der Waals surface area contributed by atoms with Crippen LogP contribution in [0.5, 0.6) is 5.75 Å². The van der Waals surface area contributed by atoms with Crippen LogP contribution in [0.4, 0.5) is 14.6 Å². The fourth-order valence-corrected chi connectivity index (χ4v) is 4.34. The normalized spacial score (nSPS) is 25.0. The fourth-order valence-electron chi connectivity index (χ4n) is 4.34. The minimum absolute atomic E-state index is 0.0729. The van der Waals surface area contributed by atoms with Gasteiger partial charge in [0, 0.05) is 43.4 Å². The zero-order valence-electron chi connectivity index (χ0n) is 17.3. The molecule has 0 aliphatic carbocycles. The van der Waals surface area contributed by atoms with E-state index in [2.05, 4.69) is 20.8 Å². The number of anilines is 1. The van der Waals surface area contributed by atoms with Crippen LogP contribution in [0, 0.1) is 5.82 Å². The molecule has 31 heavy (non-hydrogen) atoms. The lowest BCUT2D eigenvalue weighted by Crippen LogP contribution is -2.55. The van der Waals surface area contributed by atoms with Crippen molar-refractivity contribution in [2.24, 2.45) is 0 Å². The summed E-state index contributed by atoms with van der Waals surface area (Å²) >= 11 is 0. The van der Waals surface area contributed by atoms with Gasteiger partial charge in [0.2, 0.25) is 5.91 Å². The first kappa shape index (κ1) is 21.2. The molecule has 7 nitrogen and oxygen atoms in total. The Kier molecular flexibility index (Phi) is 5.86. The maximum Gasteiger partial charge on any atom is 0.243 e. The molecular formula is C22H25F2N5O2. The summed E-state index contributed by atoms with van der Waals surface area (Å²) in [5, 5.41) is 24.4. The molecule has 0 saturated carbocycles. The minimum atomic E-state index is -0.987. The molecule has 0 spiro atoms. The average molecular weight is 429 g/mol. The van der Waals surface area contributed by atoms with Crippen molar-refractivity contribution in [1.82, 2.24) is 20.8 Å². The van der Waals surface area contributed by atoms with Gasteiger partial charge < -0.3 is 20.6 Å². The molecule has 2 aliphatic heterocycles. The van der Waals surface area contributed by atoms with Crippen LogP contribution in [0.3, 0.4) is 0 Å². The summed E-state index contributed by atoms with van der Waals surface area (Å²) in [6, 6.07) is 5.61. The maximum absolute atomic E-state index is 14.8. The highest BCUT2D eigenvalue weighted by atomic mass is 19.1. The predicted octanol–water partition coefficient (Wildman–Crippen LogP) is 2.41. The lowest BCUT2D eigenvalue weighted by Gasteiger charge is -2.38. The van der Waals surface area contributed by atoms with Gasteiger partial charge in [0.1, 0.15) is 17.7 Å². The van der Waals surface area contributed by atoms with Crippen LogP contribution in [0.2, 0.25) is 0 Å². The van der Waals surface area contributed by atoms with E-state index in [4.69, 9.17) is 0 Å². The molecule has 0 unspecified atom stereocenters. The number of hydrogen-bond donors (Lipinski definition) is 3. The number of benzene rings is 1. The summed E-state index contributed by atoms with van der Waals surface area (Å²) in [5.41, 5.74) is 0.542. The van der Waals surface area contributed by atoms with Crippen molar-refractivity contribution in [1.29, 1.82) is 0 Å². The zero-order chi connectivity index (χ0) is 22.1. The summed E-state index contributed by atoms with van der Waals surface area (Å²) in [4.78, 5) is 13.1. The van der Waals surface area contributed by atoms with E-state index in [0.717, 1.165) is 18.9 Å². The number of carbonyl (C=O) groups is 1. The van der Waals surface area contributed by atoms with E-state index in [1.54, 1.807) is 24.1 Å². The second-order valence-electron chi connectivity index (χ2n) is 8.02. The number of nitrogens with one attached hydrogen (secondary N) is 2. The molecule has 164 valence electrons. The van der Waals surface area contributed by atoms with Crippen LogP contribution in [0.25, 0.3) is 17.3 Å². The number of phenolic OH excluding ortho intramolecular Hbond substituents is 1. The van der Waals surface area contributed by atoms with Crippen molar-refractivity contribution in [3.8, 4) is 17.0 Å². The van der Waals surface area contributed by atoms with Gasteiger partial charge in [0.05, 0.1) is 11.7 Å². The molecule has 4 atom stereocenters. The number of nitrogens with zero attached hydrogens (tertiary/aromatic N) is 3. The van der Waals surface area contributed by atoms with E-state index in [0.29, 0.717) is 18.3 Å². The van der Waals surface area contributed by atoms with Crippen molar-refractivity contribution in [3.63, 3.8) is 0 Å². The van der Waals surface area contributed by atoms with Crippen molar-refractivity contribution < 1.29 is 18.7 Å². The number of phenols is 1. The number of amides is 1. The van der Waals surface area contributed by atoms with Crippen LogP contribution in [-0.2, 0) is 4.79 Å². The summed E-state index contributed by atoms with van der Waals surface area (Å²) in [6.45, 7) is 0. The van der Waals surface area contributed by atoms with E-state index in [1.807, 2.05) is 0 Å². The molecule has 2 bridgehead atoms. The van der Waals surface area contributed by atoms with Gasteiger partial charge in [0.15, 0.2) is 5.82 Å². The second-order valence-corrected chi connectivity index (χ2v) is 8.02. The Morgan fingerprint density at radius 1 is 1.32 bits per heavy atom. The third-order valence-corrected chi connectivity index (χ3v) is 6.11. The third-order valence-electron chi connectivity index (χ3n) is 6.11. The molecule has 3 N–H and O–H groups in total. The number of alkyl halides is 1. The Labute approximate surface area is 179 Å². The molecule has 2 saturated heterocycles. The van der Waals surface area contributed by atoms with Gasteiger partial charge >= 0.3 is 0 Å². The second kappa shape index (κ2) is 8.58. The van der Waals surface area contributed by atoms with Crippen LogP contribution in [0.15, 0.2) is 30.3 Å². The van der Waals surface area contributed by atoms with E-state index >= 15 is 0 Å². The lowest BCUT2D eigenvalue weighted by atomic mass is 9.96. The van der Waals surface area contributed by atoms with Gasteiger partial charge in [-0.05, 0) is 49.6 Å². The minimum Gasteiger partial charge on any atom is -0.507 e. The number of hydrogen-bond acceptors (Lipinski definition) is 6. The van der Waals surface area contributed by atoms with E-state index in [1.165, 1.54) is 25.3 Å². The molecule has 1 aromatic heterocycles. The molecule has 0 radical (unpaired) electrons. The first-order chi connectivity index (χ1) is 14.9. The van der Waals surface area contributed by atoms with Crippen molar-refractivity contribution >= 4 is 17.8 Å². The monoisotopic (exact) mass is 429 g/mol. The molecule has 1 amide bonds. The highest BCUT2D eigenvalue weighted by Crippen LogP contribution is 2.34. The molecular weight excluding hydrogens is 404 g/mol. The van der Waals surface area contributed by atoms with Crippen molar-refractivity contribution in [3.05, 3.63) is 41.7 Å². The number of aromatic hydroxyl groups is 1. The summed E-state index contributed by atoms with van der Waals surface area (Å²) < 4.78 is 29.3. The van der Waals surface area contributed by atoms with E-state index in [-0.39, 0.29) is 40.6 Å². The molecule has 3 heterocycles. The molecule has 9 heteroatoms. The largest absolute Gasteiger partial charge is 0.507 e. The first-order valence-electron chi connectivity index (χ1n) is 10.3. The molecule has 4 rings (SSSR count). The highest BCUT2D eigenvalue weighted by Gasteiger charge is 2.43. The van der Waals surface area contributed by atoms with Crippen LogP contribution >= 0.6 is 0 Å². The number of likely N-dealkylation sites (N-methyl/N-ethyl adjacent to an activating group) is 1. The predicted molar refractivity (Wildman–Crippen MR) is 114 cm³/mol. The highest BCUT2D eigenvalue weighted by molar-refractivity contribution is 5.91. The number of rotatable bonds is 5. The number of aromatic nitrogens is 2. The fraction of sp³-hybridized carbons (Fsp3) is 0.409. The Morgan fingerprint density at radius 2 is 2.13 bits per heavy atom. The van der Waals surface area contributed by atoms with Gasteiger partial charge in [-0.15, -0.1) is 10.2 Å². The Balaban J connectivity index is 1.53. The quantitative estimate of drug-likeness (QED) is 0.633. The van der Waals surface area contributed by atoms with Gasteiger partial charge in [-0.3, -0.25) is 4.79 Å². The van der Waals surface area contributed by atoms with Gasteiger partial charge in [-0.1, -0.05) is 0 Å². The van der Waals surface area contributed by atoms with Crippen LogP contribution in [-0.4, -0.2) is 59.6 Å². The van der Waals surface area contributed by atoms with E-state index in [9.17, 15) is 18.7 Å². The Bertz CT molecular complexity index is 998. The van der Waals surface area contributed by atoms with Gasteiger partial charge in [-0.25, -0.2) is 8.78 Å². The SMILES string of the molecule is CNC(=O)/C=C/c1cc(O)c(-c2ccc(N(C)[C@H]3C[C@@H]4CC[C@@H](N4)[C@H]3F)nn2)cc1F. The summed E-state index contributed by atoms with van der Waals surface area (Å²) in [5.74, 6) is -0.665. The van der Waals surface area contributed by atoms with Gasteiger partial charge in [-0.2, -0.15) is 0 Å². The van der Waals surface area contributed by atoms with E-state index < -0.39 is 12.0 Å². The first-order valence-corrected chi connectivity index (χ1v) is 10.3. The zero-order valence-corrected chi connectivity index (χ0v) is 17.3. The number of piperidine rings is 1. The number of fused-ring (bicyclic) bond motifs is 2. The third kappa shape index (κ3) is 4.23. The molecule has 2 aromatic rings. The number of carbonyl (C=O) groups excluding carboxylic acids is 1. The Morgan fingerprint density at radius 3 is 2.84 bits per heavy atom. The van der Waals surface area contributed by atoms with Crippen LogP contribution in [0.1, 0.15) is 24.8 Å². The van der Waals surface area contributed by atoms with Crippen molar-refractivity contribution in [2.45, 2.75) is 43.6 Å². The van der Waals surface area contributed by atoms with Gasteiger partial charge in [0.25, 0.3) is 0 Å². The molecule has 2 fully saturated rings. The number of halogens is 2. The summed E-state index contributed by atoms with van der Waals surface area (Å²) in [6.07, 6.45) is 4.00. The topological polar surface area (TPSA) is 90.4 Å².